The molecular formula is C20H25N3O4. The Hall–Kier alpha value is -3.09. The number of benzene rings is 1. The van der Waals surface area contributed by atoms with E-state index in [1.807, 2.05) is 19.9 Å². The van der Waals surface area contributed by atoms with E-state index >= 15 is 0 Å². The van der Waals surface area contributed by atoms with Gasteiger partial charge in [0.1, 0.15) is 5.69 Å². The summed E-state index contributed by atoms with van der Waals surface area (Å²) in [6, 6.07) is 8.48. The second kappa shape index (κ2) is 9.56. The van der Waals surface area contributed by atoms with Crippen molar-refractivity contribution in [2.24, 2.45) is 5.92 Å². The number of carbonyl (C=O) groups is 2. The lowest BCUT2D eigenvalue weighted by molar-refractivity contribution is 0.0946. The Bertz CT molecular complexity index is 806. The molecule has 0 aliphatic carbocycles. The van der Waals surface area contributed by atoms with Crippen molar-refractivity contribution in [3.05, 3.63) is 53.3 Å². The van der Waals surface area contributed by atoms with Crippen molar-refractivity contribution < 1.29 is 19.1 Å². The molecule has 2 aromatic rings. The van der Waals surface area contributed by atoms with Crippen LogP contribution in [0.2, 0.25) is 0 Å². The highest BCUT2D eigenvalue weighted by Crippen LogP contribution is 2.27. The van der Waals surface area contributed by atoms with E-state index in [0.717, 1.165) is 5.56 Å². The summed E-state index contributed by atoms with van der Waals surface area (Å²) in [5.41, 5.74) is 1.45. The lowest BCUT2D eigenvalue weighted by Crippen LogP contribution is -2.28. The van der Waals surface area contributed by atoms with E-state index in [9.17, 15) is 9.59 Å². The molecule has 0 spiro atoms. The zero-order chi connectivity index (χ0) is 19.8. The molecule has 2 rings (SSSR count). The van der Waals surface area contributed by atoms with E-state index in [0.29, 0.717) is 36.1 Å². The highest BCUT2D eigenvalue weighted by Gasteiger charge is 2.12. The summed E-state index contributed by atoms with van der Waals surface area (Å²) in [6.07, 6.45) is 1.45. The van der Waals surface area contributed by atoms with Crippen LogP contribution in [0, 0.1) is 5.92 Å². The Balaban J connectivity index is 2.02. The fourth-order valence-electron chi connectivity index (χ4n) is 2.36. The molecule has 1 aromatic heterocycles. The van der Waals surface area contributed by atoms with E-state index in [2.05, 4.69) is 15.6 Å². The first kappa shape index (κ1) is 20.2. The van der Waals surface area contributed by atoms with E-state index in [1.54, 1.807) is 32.4 Å². The molecule has 0 saturated carbocycles. The van der Waals surface area contributed by atoms with Gasteiger partial charge in [0.2, 0.25) is 0 Å². The van der Waals surface area contributed by atoms with E-state index in [4.69, 9.17) is 9.47 Å². The van der Waals surface area contributed by atoms with Gasteiger partial charge in [0.15, 0.2) is 11.5 Å². The predicted molar refractivity (Wildman–Crippen MR) is 102 cm³/mol. The molecule has 0 fully saturated rings. The van der Waals surface area contributed by atoms with Crippen molar-refractivity contribution in [3.63, 3.8) is 0 Å². The van der Waals surface area contributed by atoms with Crippen LogP contribution in [0.15, 0.2) is 36.5 Å². The van der Waals surface area contributed by atoms with Crippen LogP contribution in [0.3, 0.4) is 0 Å². The molecule has 0 atom stereocenters. The van der Waals surface area contributed by atoms with Crippen LogP contribution in [0.5, 0.6) is 11.5 Å². The molecule has 7 heteroatoms. The molecule has 1 heterocycles. The summed E-state index contributed by atoms with van der Waals surface area (Å²) in [6.45, 7) is 4.90. The Labute approximate surface area is 159 Å². The first-order valence-corrected chi connectivity index (χ1v) is 8.68. The highest BCUT2D eigenvalue weighted by atomic mass is 16.5. The van der Waals surface area contributed by atoms with Crippen LogP contribution < -0.4 is 20.1 Å². The number of nitrogens with one attached hydrogen (secondary N) is 2. The molecule has 1 aromatic carbocycles. The normalized spacial score (nSPS) is 10.4. The Morgan fingerprint density at radius 3 is 2.41 bits per heavy atom. The molecular weight excluding hydrogens is 346 g/mol. The molecule has 27 heavy (non-hydrogen) atoms. The average Bonchev–Trinajstić information content (AvgIpc) is 2.69. The fraction of sp³-hybridized carbons (Fsp3) is 0.350. The molecule has 144 valence electrons. The standard InChI is InChI=1S/C20H25N3O4/c1-13(2)11-22-19(24)15-7-8-21-16(10-15)20(25)23-12-14-5-6-17(26-3)18(9-14)27-4/h5-10,13H,11-12H2,1-4H3,(H,22,24)(H,23,25). The van der Waals surface area contributed by atoms with Gasteiger partial charge in [-0.05, 0) is 35.7 Å². The predicted octanol–water partition coefficient (Wildman–Crippen LogP) is 2.41. The molecule has 0 radical (unpaired) electrons. The summed E-state index contributed by atoms with van der Waals surface area (Å²) in [7, 11) is 3.12. The Morgan fingerprint density at radius 2 is 1.74 bits per heavy atom. The first-order chi connectivity index (χ1) is 12.9. The molecule has 0 aliphatic rings. The number of aromatic nitrogens is 1. The summed E-state index contributed by atoms with van der Waals surface area (Å²) in [4.78, 5) is 28.6. The van der Waals surface area contributed by atoms with Gasteiger partial charge in [-0.3, -0.25) is 14.6 Å². The van der Waals surface area contributed by atoms with Gasteiger partial charge in [0, 0.05) is 24.8 Å². The minimum atomic E-state index is -0.358. The topological polar surface area (TPSA) is 89.5 Å². The maximum atomic E-state index is 12.4. The number of pyridine rings is 1. The van der Waals surface area contributed by atoms with Crippen molar-refractivity contribution in [1.29, 1.82) is 0 Å². The average molecular weight is 371 g/mol. The van der Waals surface area contributed by atoms with Crippen LogP contribution in [-0.4, -0.2) is 37.6 Å². The quantitative estimate of drug-likeness (QED) is 0.744. The van der Waals surface area contributed by atoms with Gasteiger partial charge in [-0.25, -0.2) is 0 Å². The lowest BCUT2D eigenvalue weighted by Gasteiger charge is -2.11. The summed E-state index contributed by atoms with van der Waals surface area (Å²) in [5, 5.41) is 5.61. The van der Waals surface area contributed by atoms with Crippen molar-refractivity contribution in [2.45, 2.75) is 20.4 Å². The summed E-state index contributed by atoms with van der Waals surface area (Å²) < 4.78 is 10.5. The molecule has 7 nitrogen and oxygen atoms in total. The smallest absolute Gasteiger partial charge is 0.270 e. The SMILES string of the molecule is COc1ccc(CNC(=O)c2cc(C(=O)NCC(C)C)ccn2)cc1OC. The van der Waals surface area contributed by atoms with Crippen LogP contribution in [0.4, 0.5) is 0 Å². The van der Waals surface area contributed by atoms with Gasteiger partial charge in [-0.2, -0.15) is 0 Å². The number of rotatable bonds is 8. The second-order valence-electron chi connectivity index (χ2n) is 6.41. The van der Waals surface area contributed by atoms with Crippen molar-refractivity contribution in [2.75, 3.05) is 20.8 Å². The number of hydrogen-bond acceptors (Lipinski definition) is 5. The largest absolute Gasteiger partial charge is 0.493 e. The third-order valence-electron chi connectivity index (χ3n) is 3.83. The van der Waals surface area contributed by atoms with E-state index in [-0.39, 0.29) is 17.5 Å². The number of nitrogens with zero attached hydrogens (tertiary/aromatic N) is 1. The van der Waals surface area contributed by atoms with Crippen molar-refractivity contribution in [1.82, 2.24) is 15.6 Å². The van der Waals surface area contributed by atoms with Crippen LogP contribution >= 0.6 is 0 Å². The minimum absolute atomic E-state index is 0.188. The molecule has 0 unspecified atom stereocenters. The maximum Gasteiger partial charge on any atom is 0.270 e. The van der Waals surface area contributed by atoms with E-state index < -0.39 is 0 Å². The number of methoxy groups -OCH3 is 2. The van der Waals surface area contributed by atoms with Gasteiger partial charge < -0.3 is 20.1 Å². The number of carbonyl (C=O) groups excluding carboxylic acids is 2. The van der Waals surface area contributed by atoms with Gasteiger partial charge in [0.05, 0.1) is 14.2 Å². The molecule has 0 bridgehead atoms. The molecule has 2 N–H and O–H groups in total. The van der Waals surface area contributed by atoms with Crippen LogP contribution in [0.25, 0.3) is 0 Å². The van der Waals surface area contributed by atoms with Crippen LogP contribution in [0.1, 0.15) is 40.3 Å². The van der Waals surface area contributed by atoms with Crippen molar-refractivity contribution in [3.8, 4) is 11.5 Å². The number of ether oxygens (including phenoxy) is 2. The summed E-state index contributed by atoms with van der Waals surface area (Å²) >= 11 is 0. The summed E-state index contributed by atoms with van der Waals surface area (Å²) in [5.74, 6) is 0.976. The second-order valence-corrected chi connectivity index (χ2v) is 6.41. The third-order valence-corrected chi connectivity index (χ3v) is 3.83. The Morgan fingerprint density at radius 1 is 1.00 bits per heavy atom. The Kier molecular flexibility index (Phi) is 7.16. The molecule has 0 aliphatic heterocycles. The van der Waals surface area contributed by atoms with Crippen molar-refractivity contribution >= 4 is 11.8 Å². The molecule has 2 amide bonds. The minimum Gasteiger partial charge on any atom is -0.493 e. The number of hydrogen-bond donors (Lipinski definition) is 2. The third kappa shape index (κ3) is 5.70. The van der Waals surface area contributed by atoms with Gasteiger partial charge in [-0.1, -0.05) is 19.9 Å². The molecule has 0 saturated heterocycles. The monoisotopic (exact) mass is 371 g/mol. The van der Waals surface area contributed by atoms with E-state index in [1.165, 1.54) is 12.3 Å². The zero-order valence-electron chi connectivity index (χ0n) is 16.0. The fourth-order valence-corrected chi connectivity index (χ4v) is 2.36. The number of amides is 2. The first-order valence-electron chi connectivity index (χ1n) is 8.68. The maximum absolute atomic E-state index is 12.4. The highest BCUT2D eigenvalue weighted by molar-refractivity contribution is 5.98. The van der Waals surface area contributed by atoms with Gasteiger partial charge in [0.25, 0.3) is 11.8 Å². The lowest BCUT2D eigenvalue weighted by atomic mass is 10.1. The van der Waals surface area contributed by atoms with Crippen LogP contribution in [-0.2, 0) is 6.54 Å². The zero-order valence-corrected chi connectivity index (χ0v) is 16.0. The van der Waals surface area contributed by atoms with Gasteiger partial charge >= 0.3 is 0 Å². The van der Waals surface area contributed by atoms with Gasteiger partial charge in [-0.15, -0.1) is 0 Å².